The highest BCUT2D eigenvalue weighted by Crippen LogP contribution is 2.31. The quantitative estimate of drug-likeness (QED) is 0.361. The third kappa shape index (κ3) is 4.12. The minimum Gasteiger partial charge on any atom is -0.322 e. The molecule has 0 bridgehead atoms. The number of hydrogen-bond acceptors (Lipinski definition) is 3. The van der Waals surface area contributed by atoms with Crippen LogP contribution in [0.5, 0.6) is 0 Å². The fourth-order valence-corrected chi connectivity index (χ4v) is 3.98. The van der Waals surface area contributed by atoms with E-state index in [2.05, 4.69) is 20.2 Å². The van der Waals surface area contributed by atoms with Gasteiger partial charge in [-0.3, -0.25) is 14.6 Å². The van der Waals surface area contributed by atoms with E-state index in [0.717, 1.165) is 17.8 Å². The second kappa shape index (κ2) is 8.21. The number of nitrogens with zero attached hydrogens (tertiary/aromatic N) is 4. The molecule has 5 rings (SSSR count). The lowest BCUT2D eigenvalue weighted by molar-refractivity contribution is -0.137. The van der Waals surface area contributed by atoms with Crippen LogP contribution in [-0.4, -0.2) is 29.5 Å². The maximum absolute atomic E-state index is 13.4. The first kappa shape index (κ1) is 22.0. The number of rotatable bonds is 5. The van der Waals surface area contributed by atoms with Gasteiger partial charge in [0.2, 0.25) is 5.95 Å². The summed E-state index contributed by atoms with van der Waals surface area (Å²) in [7, 11) is 0. The van der Waals surface area contributed by atoms with E-state index < -0.39 is 11.7 Å². The lowest BCUT2D eigenvalue weighted by Crippen LogP contribution is -2.19. The number of hydrogen-bond donors (Lipinski definition) is 2. The molecule has 0 aliphatic heterocycles. The van der Waals surface area contributed by atoms with E-state index in [1.165, 1.54) is 16.8 Å². The van der Waals surface area contributed by atoms with E-state index in [4.69, 9.17) is 11.6 Å². The van der Waals surface area contributed by atoms with Gasteiger partial charge in [0, 0.05) is 23.3 Å². The molecule has 0 aliphatic rings. The van der Waals surface area contributed by atoms with Crippen molar-refractivity contribution in [1.29, 1.82) is 0 Å². The van der Waals surface area contributed by atoms with Crippen molar-refractivity contribution in [3.8, 4) is 17.2 Å². The van der Waals surface area contributed by atoms with Gasteiger partial charge in [-0.2, -0.15) is 23.0 Å². The van der Waals surface area contributed by atoms with Gasteiger partial charge in [-0.25, -0.2) is 4.98 Å². The maximum Gasteiger partial charge on any atom is 0.416 e. The molecule has 11 heteroatoms. The molecule has 3 heterocycles. The Hall–Kier alpha value is -3.79. The van der Waals surface area contributed by atoms with Crippen LogP contribution < -0.4 is 5.56 Å². The van der Waals surface area contributed by atoms with Crippen molar-refractivity contribution in [2.75, 3.05) is 0 Å². The molecular formula is C23H18ClF3N6O. The molecule has 0 saturated carbocycles. The van der Waals surface area contributed by atoms with Crippen LogP contribution in [0.3, 0.4) is 0 Å². The highest BCUT2D eigenvalue weighted by molar-refractivity contribution is 6.31. The van der Waals surface area contributed by atoms with E-state index in [-0.39, 0.29) is 11.5 Å². The average Bonchev–Trinajstić information content (AvgIpc) is 3.48. The Labute approximate surface area is 195 Å². The lowest BCUT2D eigenvalue weighted by Gasteiger charge is -2.08. The number of imidazole rings is 1. The first-order valence-corrected chi connectivity index (χ1v) is 10.7. The molecule has 0 atom stereocenters. The summed E-state index contributed by atoms with van der Waals surface area (Å²) in [5, 5.41) is 7.88. The first-order chi connectivity index (χ1) is 16.2. The predicted molar refractivity (Wildman–Crippen MR) is 122 cm³/mol. The van der Waals surface area contributed by atoms with Crippen LogP contribution in [0.15, 0.2) is 59.5 Å². The van der Waals surface area contributed by atoms with Crippen LogP contribution in [0.1, 0.15) is 16.8 Å². The van der Waals surface area contributed by atoms with Crippen molar-refractivity contribution < 1.29 is 13.2 Å². The minimum absolute atomic E-state index is 0.247. The molecule has 0 saturated heterocycles. The van der Waals surface area contributed by atoms with Crippen molar-refractivity contribution in [1.82, 2.24) is 29.5 Å². The Morgan fingerprint density at radius 2 is 1.85 bits per heavy atom. The molecule has 3 aromatic heterocycles. The number of H-pyrrole nitrogens is 2. The first-order valence-electron chi connectivity index (χ1n) is 10.4. The zero-order chi connectivity index (χ0) is 24.0. The van der Waals surface area contributed by atoms with Crippen molar-refractivity contribution in [3.63, 3.8) is 0 Å². The smallest absolute Gasteiger partial charge is 0.322 e. The number of fused-ring (bicyclic) bond motifs is 1. The van der Waals surface area contributed by atoms with Gasteiger partial charge in [0.05, 0.1) is 28.0 Å². The van der Waals surface area contributed by atoms with Crippen LogP contribution in [-0.2, 0) is 19.1 Å². The molecule has 7 nitrogen and oxygen atoms in total. The van der Waals surface area contributed by atoms with Crippen LogP contribution in [0.2, 0.25) is 5.02 Å². The Kier molecular flexibility index (Phi) is 5.32. The van der Waals surface area contributed by atoms with Gasteiger partial charge >= 0.3 is 6.18 Å². The largest absolute Gasteiger partial charge is 0.416 e. The highest BCUT2D eigenvalue weighted by Gasteiger charge is 2.30. The Bertz CT molecular complexity index is 1540. The summed E-state index contributed by atoms with van der Waals surface area (Å²) < 4.78 is 42.1. The number of halogens is 4. The highest BCUT2D eigenvalue weighted by atomic mass is 35.5. The number of benzene rings is 2. The molecule has 0 fully saturated rings. The standard InChI is InChI=1S/C23H18ClF3N6O/c1-13-8-10-32(30-13)11-9-17-20(14-2-4-15(5-3-14)23(25,26)27)31-33(21(17)34)22-28-18-7-6-16(24)12-19(18)29-22/h2-8,10,12,31H,9,11H2,1H3,(H,28,29). The van der Waals surface area contributed by atoms with E-state index >= 15 is 0 Å². The van der Waals surface area contributed by atoms with E-state index in [0.29, 0.717) is 45.8 Å². The van der Waals surface area contributed by atoms with Crippen molar-refractivity contribution in [2.45, 2.75) is 26.1 Å². The summed E-state index contributed by atoms with van der Waals surface area (Å²) in [4.78, 5) is 20.9. The Balaban J connectivity index is 1.60. The lowest BCUT2D eigenvalue weighted by atomic mass is 10.0. The molecule has 5 aromatic rings. The molecule has 2 aromatic carbocycles. The fraction of sp³-hybridized carbons (Fsp3) is 0.174. The topological polar surface area (TPSA) is 84.3 Å². The minimum atomic E-state index is -4.45. The van der Waals surface area contributed by atoms with Crippen LogP contribution >= 0.6 is 11.6 Å². The zero-order valence-electron chi connectivity index (χ0n) is 17.8. The number of nitrogens with one attached hydrogen (secondary N) is 2. The Morgan fingerprint density at radius 3 is 2.53 bits per heavy atom. The Morgan fingerprint density at radius 1 is 1.09 bits per heavy atom. The van der Waals surface area contributed by atoms with Gasteiger partial charge in [-0.15, -0.1) is 0 Å². The van der Waals surface area contributed by atoms with Gasteiger partial charge in [-0.1, -0.05) is 23.7 Å². The monoisotopic (exact) mass is 486 g/mol. The molecular weight excluding hydrogens is 469 g/mol. The van der Waals surface area contributed by atoms with Gasteiger partial charge in [0.1, 0.15) is 0 Å². The molecule has 34 heavy (non-hydrogen) atoms. The summed E-state index contributed by atoms with van der Waals surface area (Å²) in [5.41, 5.74) is 2.27. The van der Waals surface area contributed by atoms with Crippen molar-refractivity contribution in [2.24, 2.45) is 0 Å². The number of alkyl halides is 3. The van der Waals surface area contributed by atoms with Crippen LogP contribution in [0, 0.1) is 6.92 Å². The molecule has 174 valence electrons. The van der Waals surface area contributed by atoms with Gasteiger partial charge in [0.25, 0.3) is 5.56 Å². The third-order valence-corrected chi connectivity index (χ3v) is 5.73. The number of aryl methyl sites for hydroxylation is 2. The summed E-state index contributed by atoms with van der Waals surface area (Å²) in [6.45, 7) is 2.28. The molecule has 0 amide bonds. The predicted octanol–water partition coefficient (Wildman–Crippen LogP) is 5.13. The molecule has 0 unspecified atom stereocenters. The SMILES string of the molecule is Cc1ccn(CCc2c(-c3ccc(C(F)(F)F)cc3)[nH]n(-c3nc4ccc(Cl)cc4[nH]3)c2=O)n1. The van der Waals surface area contributed by atoms with Crippen LogP contribution in [0.4, 0.5) is 13.2 Å². The van der Waals surface area contributed by atoms with E-state index in [9.17, 15) is 18.0 Å². The molecule has 0 spiro atoms. The molecule has 0 aliphatic carbocycles. The second-order valence-corrected chi connectivity index (χ2v) is 8.31. The average molecular weight is 487 g/mol. The van der Waals surface area contributed by atoms with Crippen molar-refractivity contribution >= 4 is 22.6 Å². The summed E-state index contributed by atoms with van der Waals surface area (Å²) in [6, 6.07) is 11.6. The van der Waals surface area contributed by atoms with E-state index in [1.54, 1.807) is 29.1 Å². The van der Waals surface area contributed by atoms with Crippen LogP contribution in [0.25, 0.3) is 28.2 Å². The number of aromatic nitrogens is 6. The molecule has 2 N–H and O–H groups in total. The number of aromatic amines is 2. The van der Waals surface area contributed by atoms with Gasteiger partial charge < -0.3 is 4.98 Å². The van der Waals surface area contributed by atoms with Crippen molar-refractivity contribution in [3.05, 3.63) is 86.9 Å². The normalized spacial score (nSPS) is 12.0. The summed E-state index contributed by atoms with van der Waals surface area (Å²) >= 11 is 6.05. The maximum atomic E-state index is 13.4. The summed E-state index contributed by atoms with van der Waals surface area (Å²) in [5.74, 6) is 0.247. The fourth-order valence-electron chi connectivity index (χ4n) is 3.81. The second-order valence-electron chi connectivity index (χ2n) is 7.87. The van der Waals surface area contributed by atoms with E-state index in [1.807, 2.05) is 13.0 Å². The van der Waals surface area contributed by atoms with Gasteiger partial charge in [0.15, 0.2) is 0 Å². The third-order valence-electron chi connectivity index (χ3n) is 5.50. The summed E-state index contributed by atoms with van der Waals surface area (Å²) in [6.07, 6.45) is -2.33. The van der Waals surface area contributed by atoms with Gasteiger partial charge in [-0.05, 0) is 55.3 Å². The molecule has 0 radical (unpaired) electrons. The zero-order valence-corrected chi connectivity index (χ0v) is 18.6.